The predicted octanol–water partition coefficient (Wildman–Crippen LogP) is 1.21. The van der Waals surface area contributed by atoms with E-state index in [0.29, 0.717) is 6.54 Å². The highest BCUT2D eigenvalue weighted by molar-refractivity contribution is 5.76. The molecule has 1 aromatic rings. The molecule has 0 saturated heterocycles. The van der Waals surface area contributed by atoms with E-state index in [9.17, 15) is 4.79 Å². The van der Waals surface area contributed by atoms with Crippen LogP contribution in [0.5, 0.6) is 0 Å². The van der Waals surface area contributed by atoms with Crippen LogP contribution in [0.4, 0.5) is 0 Å². The van der Waals surface area contributed by atoms with Crippen molar-refractivity contribution in [2.24, 2.45) is 11.1 Å². The Morgan fingerprint density at radius 3 is 2.56 bits per heavy atom. The van der Waals surface area contributed by atoms with Crippen LogP contribution in [0.3, 0.4) is 0 Å². The van der Waals surface area contributed by atoms with E-state index in [1.54, 1.807) is 0 Å². The predicted molar refractivity (Wildman–Crippen MR) is 71.9 cm³/mol. The second-order valence-corrected chi connectivity index (χ2v) is 5.32. The van der Waals surface area contributed by atoms with Gasteiger partial charge in [-0.15, -0.1) is 0 Å². The Morgan fingerprint density at radius 2 is 2.00 bits per heavy atom. The number of carbonyl (C=O) groups excluding carboxylic acids is 1. The smallest absolute Gasteiger partial charge is 0.221 e. The molecule has 0 saturated carbocycles. The number of rotatable bonds is 6. The third kappa shape index (κ3) is 4.85. The molecule has 4 heteroatoms. The molecular weight excluding hydrogens is 228 g/mol. The highest BCUT2D eigenvalue weighted by Gasteiger charge is 2.18. The van der Waals surface area contributed by atoms with E-state index in [-0.39, 0.29) is 30.4 Å². The summed E-state index contributed by atoms with van der Waals surface area (Å²) in [6, 6.07) is 9.26. The van der Waals surface area contributed by atoms with E-state index in [1.807, 2.05) is 44.2 Å². The Balaban J connectivity index is 2.41. The number of amides is 1. The molecule has 0 aliphatic rings. The summed E-state index contributed by atoms with van der Waals surface area (Å²) < 4.78 is 0. The topological polar surface area (TPSA) is 75.3 Å². The third-order valence-electron chi connectivity index (χ3n) is 2.83. The van der Waals surface area contributed by atoms with Gasteiger partial charge in [0.2, 0.25) is 5.91 Å². The minimum absolute atomic E-state index is 0.0397. The lowest BCUT2D eigenvalue weighted by atomic mass is 9.95. The van der Waals surface area contributed by atoms with Gasteiger partial charge in [-0.25, -0.2) is 0 Å². The lowest BCUT2D eigenvalue weighted by Crippen LogP contribution is -2.37. The molecule has 0 heterocycles. The third-order valence-corrected chi connectivity index (χ3v) is 2.83. The van der Waals surface area contributed by atoms with Gasteiger partial charge >= 0.3 is 0 Å². The van der Waals surface area contributed by atoms with E-state index < -0.39 is 0 Å². The summed E-state index contributed by atoms with van der Waals surface area (Å²) in [5.74, 6) is -0.0899. The number of hydrogen-bond acceptors (Lipinski definition) is 3. The Bertz CT molecular complexity index is 377. The van der Waals surface area contributed by atoms with Crippen molar-refractivity contribution in [3.8, 4) is 0 Å². The first-order chi connectivity index (χ1) is 8.44. The molecule has 1 rings (SSSR count). The highest BCUT2D eigenvalue weighted by Crippen LogP contribution is 2.14. The van der Waals surface area contributed by atoms with Gasteiger partial charge < -0.3 is 16.2 Å². The number of hydrogen-bond donors (Lipinski definition) is 3. The lowest BCUT2D eigenvalue weighted by Gasteiger charge is -2.22. The van der Waals surface area contributed by atoms with Crippen LogP contribution in [0.15, 0.2) is 30.3 Å². The fraction of sp³-hybridized carbons (Fsp3) is 0.500. The summed E-state index contributed by atoms with van der Waals surface area (Å²) in [6.45, 7) is 4.27. The van der Waals surface area contributed by atoms with Gasteiger partial charge in [-0.3, -0.25) is 4.79 Å². The van der Waals surface area contributed by atoms with E-state index in [0.717, 1.165) is 5.56 Å². The average Bonchev–Trinajstić information content (AvgIpc) is 2.37. The molecular formula is C14H22N2O2. The lowest BCUT2D eigenvalue weighted by molar-refractivity contribution is -0.122. The monoisotopic (exact) mass is 250 g/mol. The van der Waals surface area contributed by atoms with Crippen molar-refractivity contribution >= 4 is 5.91 Å². The first kappa shape index (κ1) is 14.7. The second-order valence-electron chi connectivity index (χ2n) is 5.32. The van der Waals surface area contributed by atoms with Crippen LogP contribution in [0.2, 0.25) is 0 Å². The van der Waals surface area contributed by atoms with Crippen molar-refractivity contribution in [1.82, 2.24) is 5.32 Å². The average molecular weight is 250 g/mol. The van der Waals surface area contributed by atoms with Crippen LogP contribution < -0.4 is 11.1 Å². The summed E-state index contributed by atoms with van der Waals surface area (Å²) in [5.41, 5.74) is 6.61. The maximum atomic E-state index is 11.7. The van der Waals surface area contributed by atoms with Gasteiger partial charge in [0, 0.05) is 31.0 Å². The van der Waals surface area contributed by atoms with Crippen LogP contribution in [-0.4, -0.2) is 24.2 Å². The maximum absolute atomic E-state index is 11.7. The Labute approximate surface area is 108 Å². The van der Waals surface area contributed by atoms with Gasteiger partial charge in [-0.2, -0.15) is 0 Å². The van der Waals surface area contributed by atoms with Crippen molar-refractivity contribution in [2.75, 3.05) is 13.2 Å². The Hall–Kier alpha value is -1.39. The van der Waals surface area contributed by atoms with Crippen LogP contribution in [0.1, 0.15) is 31.9 Å². The van der Waals surface area contributed by atoms with Gasteiger partial charge in [0.1, 0.15) is 0 Å². The first-order valence-electron chi connectivity index (χ1n) is 6.13. The number of benzene rings is 1. The molecule has 0 spiro atoms. The number of aliphatic hydroxyl groups excluding tert-OH is 1. The molecule has 4 nitrogen and oxygen atoms in total. The van der Waals surface area contributed by atoms with Crippen molar-refractivity contribution in [3.05, 3.63) is 35.9 Å². The summed E-state index contributed by atoms with van der Waals surface area (Å²) in [5, 5.41) is 11.9. The zero-order chi connectivity index (χ0) is 13.6. The van der Waals surface area contributed by atoms with Gasteiger partial charge in [-0.05, 0) is 5.56 Å². The molecule has 0 bridgehead atoms. The van der Waals surface area contributed by atoms with Gasteiger partial charge in [0.05, 0.1) is 0 Å². The Kier molecular flexibility index (Phi) is 5.31. The minimum atomic E-state index is -0.299. The molecule has 18 heavy (non-hydrogen) atoms. The second kappa shape index (κ2) is 6.52. The van der Waals surface area contributed by atoms with Crippen LogP contribution in [-0.2, 0) is 4.79 Å². The minimum Gasteiger partial charge on any atom is -0.396 e. The standard InChI is InChI=1S/C14H22N2O2/c1-14(2,10-17)9-16-13(18)8-12(15)11-6-4-3-5-7-11/h3-7,12,17H,8-10,15H2,1-2H3,(H,16,18). The highest BCUT2D eigenvalue weighted by atomic mass is 16.3. The van der Waals surface area contributed by atoms with Gasteiger partial charge in [0.25, 0.3) is 0 Å². The zero-order valence-corrected chi connectivity index (χ0v) is 11.0. The van der Waals surface area contributed by atoms with E-state index in [4.69, 9.17) is 10.8 Å². The van der Waals surface area contributed by atoms with Crippen molar-refractivity contribution in [1.29, 1.82) is 0 Å². The summed E-state index contributed by atoms with van der Waals surface area (Å²) in [7, 11) is 0. The first-order valence-corrected chi connectivity index (χ1v) is 6.13. The molecule has 1 unspecified atom stereocenters. The number of nitrogens with two attached hydrogens (primary N) is 1. The molecule has 1 aromatic carbocycles. The van der Waals surface area contributed by atoms with Crippen molar-refractivity contribution in [3.63, 3.8) is 0 Å². The molecule has 0 aliphatic carbocycles. The molecule has 4 N–H and O–H groups in total. The molecule has 1 atom stereocenters. The normalized spacial score (nSPS) is 13.1. The van der Waals surface area contributed by atoms with Crippen molar-refractivity contribution < 1.29 is 9.90 Å². The van der Waals surface area contributed by atoms with Crippen LogP contribution >= 0.6 is 0 Å². The Morgan fingerprint density at radius 1 is 1.39 bits per heavy atom. The molecule has 100 valence electrons. The van der Waals surface area contributed by atoms with E-state index >= 15 is 0 Å². The summed E-state index contributed by atoms with van der Waals surface area (Å²) in [4.78, 5) is 11.7. The fourth-order valence-electron chi connectivity index (χ4n) is 1.48. The molecule has 0 aromatic heterocycles. The zero-order valence-electron chi connectivity index (χ0n) is 11.0. The van der Waals surface area contributed by atoms with Gasteiger partial charge in [0.15, 0.2) is 0 Å². The maximum Gasteiger partial charge on any atom is 0.221 e. The molecule has 0 aliphatic heterocycles. The fourth-order valence-corrected chi connectivity index (χ4v) is 1.48. The number of aliphatic hydroxyl groups is 1. The SMILES string of the molecule is CC(C)(CO)CNC(=O)CC(N)c1ccccc1. The van der Waals surface area contributed by atoms with E-state index in [2.05, 4.69) is 5.32 Å². The largest absolute Gasteiger partial charge is 0.396 e. The summed E-state index contributed by atoms with van der Waals surface area (Å²) >= 11 is 0. The van der Waals surface area contributed by atoms with Crippen LogP contribution in [0.25, 0.3) is 0 Å². The summed E-state index contributed by atoms with van der Waals surface area (Å²) in [6.07, 6.45) is 0.255. The number of carbonyl (C=O) groups is 1. The quantitative estimate of drug-likeness (QED) is 0.710. The number of nitrogens with one attached hydrogen (secondary N) is 1. The van der Waals surface area contributed by atoms with Crippen LogP contribution in [0, 0.1) is 5.41 Å². The molecule has 0 fully saturated rings. The molecule has 1 amide bonds. The molecule has 0 radical (unpaired) electrons. The van der Waals surface area contributed by atoms with E-state index in [1.165, 1.54) is 0 Å². The van der Waals surface area contributed by atoms with Crippen molar-refractivity contribution in [2.45, 2.75) is 26.3 Å². The van der Waals surface area contributed by atoms with Gasteiger partial charge in [-0.1, -0.05) is 44.2 Å².